The van der Waals surface area contributed by atoms with E-state index in [-0.39, 0.29) is 31.1 Å². The van der Waals surface area contributed by atoms with Crippen LogP contribution in [0.3, 0.4) is 0 Å². The van der Waals surface area contributed by atoms with Gasteiger partial charge in [-0.25, -0.2) is 0 Å². The molecule has 0 saturated heterocycles. The molecular formula is C71H130O6. The van der Waals surface area contributed by atoms with Gasteiger partial charge in [-0.3, -0.25) is 14.4 Å². The van der Waals surface area contributed by atoms with Crippen LogP contribution in [0.2, 0.25) is 0 Å². The van der Waals surface area contributed by atoms with Gasteiger partial charge >= 0.3 is 17.9 Å². The maximum absolute atomic E-state index is 12.9. The predicted octanol–water partition coefficient (Wildman–Crippen LogP) is 23.3. The average molecular weight is 1080 g/mol. The van der Waals surface area contributed by atoms with Crippen molar-refractivity contribution in [3.05, 3.63) is 48.6 Å². The molecule has 0 radical (unpaired) electrons. The Morgan fingerprint density at radius 2 is 0.468 bits per heavy atom. The maximum atomic E-state index is 12.9. The van der Waals surface area contributed by atoms with Crippen LogP contribution < -0.4 is 0 Å². The summed E-state index contributed by atoms with van der Waals surface area (Å²) in [4.78, 5) is 38.4. The molecule has 1 unspecified atom stereocenters. The molecule has 0 aromatic heterocycles. The smallest absolute Gasteiger partial charge is 0.306 e. The summed E-state index contributed by atoms with van der Waals surface area (Å²) in [6, 6.07) is 0. The largest absolute Gasteiger partial charge is 0.462 e. The third-order valence-corrected chi connectivity index (χ3v) is 15.3. The van der Waals surface area contributed by atoms with Crippen molar-refractivity contribution in [2.45, 2.75) is 374 Å². The molecule has 0 N–H and O–H groups in total. The molecule has 0 amide bonds. The lowest BCUT2D eigenvalue weighted by Crippen LogP contribution is -2.30. The predicted molar refractivity (Wildman–Crippen MR) is 335 cm³/mol. The van der Waals surface area contributed by atoms with E-state index in [4.69, 9.17) is 14.2 Å². The Hall–Kier alpha value is -2.63. The van der Waals surface area contributed by atoms with Gasteiger partial charge in [-0.15, -0.1) is 0 Å². The third-order valence-electron chi connectivity index (χ3n) is 15.3. The van der Waals surface area contributed by atoms with Crippen LogP contribution in [0.15, 0.2) is 48.6 Å². The van der Waals surface area contributed by atoms with Crippen LogP contribution >= 0.6 is 0 Å². The van der Waals surface area contributed by atoms with Crippen LogP contribution in [-0.2, 0) is 28.6 Å². The molecule has 0 aromatic rings. The molecule has 1 atom stereocenters. The SMILES string of the molecule is CCCCC/C=C\C/C=C\CCCCCCCC(=O)OCC(COC(=O)CCCCCCCCCCCCCCCCCCCCCCCCC)OC(=O)CCCCCCCCCCC/C=C\C/C=C\CCCCCCC. The lowest BCUT2D eigenvalue weighted by molar-refractivity contribution is -0.167. The minimum Gasteiger partial charge on any atom is -0.462 e. The fraction of sp³-hybridized carbons (Fsp3) is 0.845. The highest BCUT2D eigenvalue weighted by Gasteiger charge is 2.19. The van der Waals surface area contributed by atoms with Gasteiger partial charge in [0.25, 0.3) is 0 Å². The summed E-state index contributed by atoms with van der Waals surface area (Å²) in [5, 5.41) is 0. The van der Waals surface area contributed by atoms with Crippen molar-refractivity contribution in [2.24, 2.45) is 0 Å². The van der Waals surface area contributed by atoms with Gasteiger partial charge in [0.2, 0.25) is 0 Å². The van der Waals surface area contributed by atoms with E-state index in [1.807, 2.05) is 0 Å². The van der Waals surface area contributed by atoms with Crippen LogP contribution in [-0.4, -0.2) is 37.2 Å². The first-order valence-electron chi connectivity index (χ1n) is 34.1. The molecule has 0 aliphatic carbocycles. The van der Waals surface area contributed by atoms with E-state index in [0.29, 0.717) is 19.3 Å². The number of hydrogen-bond donors (Lipinski definition) is 0. The van der Waals surface area contributed by atoms with Crippen LogP contribution in [0.5, 0.6) is 0 Å². The number of esters is 3. The Morgan fingerprint density at radius 3 is 0.740 bits per heavy atom. The molecule has 0 aliphatic heterocycles. The van der Waals surface area contributed by atoms with E-state index in [1.54, 1.807) is 0 Å². The molecule has 0 rings (SSSR count). The number of carbonyl (C=O) groups excluding carboxylic acids is 3. The molecule has 0 spiro atoms. The van der Waals surface area contributed by atoms with Crippen LogP contribution in [0, 0.1) is 0 Å². The molecule has 6 heteroatoms. The molecule has 0 bridgehead atoms. The average Bonchev–Trinajstić information content (AvgIpc) is 3.43. The highest BCUT2D eigenvalue weighted by molar-refractivity contribution is 5.71. The van der Waals surface area contributed by atoms with Crippen molar-refractivity contribution >= 4 is 17.9 Å². The molecule has 0 aliphatic rings. The quantitative estimate of drug-likeness (QED) is 0.0261. The normalized spacial score (nSPS) is 12.3. The van der Waals surface area contributed by atoms with Crippen molar-refractivity contribution in [1.29, 1.82) is 0 Å². The second-order valence-electron chi connectivity index (χ2n) is 23.1. The van der Waals surface area contributed by atoms with E-state index < -0.39 is 6.10 Å². The fourth-order valence-electron chi connectivity index (χ4n) is 10.2. The van der Waals surface area contributed by atoms with Crippen LogP contribution in [0.25, 0.3) is 0 Å². The Bertz CT molecular complexity index is 1330. The van der Waals surface area contributed by atoms with E-state index in [0.717, 1.165) is 83.5 Å². The molecule has 6 nitrogen and oxygen atoms in total. The van der Waals surface area contributed by atoms with Crippen molar-refractivity contribution in [2.75, 3.05) is 13.2 Å². The minimum atomic E-state index is -0.781. The minimum absolute atomic E-state index is 0.0756. The number of hydrogen-bond acceptors (Lipinski definition) is 6. The highest BCUT2D eigenvalue weighted by atomic mass is 16.6. The summed E-state index contributed by atoms with van der Waals surface area (Å²) in [6.45, 7) is 6.65. The molecule has 77 heavy (non-hydrogen) atoms. The maximum Gasteiger partial charge on any atom is 0.306 e. The van der Waals surface area contributed by atoms with Crippen molar-refractivity contribution < 1.29 is 28.6 Å². The summed E-state index contributed by atoms with van der Waals surface area (Å²) in [7, 11) is 0. The summed E-state index contributed by atoms with van der Waals surface area (Å²) in [5.74, 6) is -0.870. The van der Waals surface area contributed by atoms with Crippen molar-refractivity contribution in [1.82, 2.24) is 0 Å². The zero-order chi connectivity index (χ0) is 55.7. The van der Waals surface area contributed by atoms with E-state index >= 15 is 0 Å². The first-order chi connectivity index (χ1) is 38.0. The van der Waals surface area contributed by atoms with Crippen molar-refractivity contribution in [3.63, 3.8) is 0 Å². The van der Waals surface area contributed by atoms with Gasteiger partial charge in [-0.2, -0.15) is 0 Å². The van der Waals surface area contributed by atoms with Gasteiger partial charge in [-0.05, 0) is 83.5 Å². The Kier molecular flexibility index (Phi) is 63.6. The molecule has 0 heterocycles. The first kappa shape index (κ1) is 74.4. The molecular weight excluding hydrogens is 949 g/mol. The number of allylic oxidation sites excluding steroid dienone is 8. The van der Waals surface area contributed by atoms with Gasteiger partial charge in [-0.1, -0.05) is 313 Å². The second kappa shape index (κ2) is 65.9. The molecule has 0 aromatic carbocycles. The van der Waals surface area contributed by atoms with Crippen LogP contribution in [0.1, 0.15) is 367 Å². The number of rotatable bonds is 63. The molecule has 450 valence electrons. The van der Waals surface area contributed by atoms with Gasteiger partial charge in [0.1, 0.15) is 13.2 Å². The topological polar surface area (TPSA) is 78.9 Å². The lowest BCUT2D eigenvalue weighted by Gasteiger charge is -2.18. The molecule has 0 fully saturated rings. The Labute approximate surface area is 479 Å². The Morgan fingerprint density at radius 1 is 0.260 bits per heavy atom. The number of ether oxygens (including phenoxy) is 3. The summed E-state index contributed by atoms with van der Waals surface area (Å²) >= 11 is 0. The lowest BCUT2D eigenvalue weighted by atomic mass is 10.0. The number of unbranched alkanes of at least 4 members (excludes halogenated alkanes) is 44. The van der Waals surface area contributed by atoms with Gasteiger partial charge in [0.15, 0.2) is 6.10 Å². The molecule has 0 saturated carbocycles. The third kappa shape index (κ3) is 64.1. The second-order valence-corrected chi connectivity index (χ2v) is 23.1. The van der Waals surface area contributed by atoms with Crippen LogP contribution in [0.4, 0.5) is 0 Å². The summed E-state index contributed by atoms with van der Waals surface area (Å²) < 4.78 is 17.0. The van der Waals surface area contributed by atoms with E-state index in [2.05, 4.69) is 69.4 Å². The zero-order valence-corrected chi connectivity index (χ0v) is 51.7. The standard InChI is InChI=1S/C71H130O6/c1-4-7-10-13-16-19-22-25-28-30-32-34-35-37-38-40-43-46-49-52-55-58-61-64-70(73)76-67-68(66-75-69(72)63-60-57-54-51-48-45-42-27-24-21-18-15-12-9-6-3)77-71(74)65-62-59-56-53-50-47-44-41-39-36-33-31-29-26-23-20-17-14-11-8-5-2/h18,21,23,26-27,31,33,42,68H,4-17,19-20,22,24-25,28-30,32,34-41,43-67H2,1-3H3/b21-18-,26-23-,33-31-,42-27-. The highest BCUT2D eigenvalue weighted by Crippen LogP contribution is 2.18. The zero-order valence-electron chi connectivity index (χ0n) is 51.7. The monoisotopic (exact) mass is 1080 g/mol. The summed E-state index contributed by atoms with van der Waals surface area (Å²) in [6.07, 6.45) is 82.7. The number of carbonyl (C=O) groups is 3. The van der Waals surface area contributed by atoms with Gasteiger partial charge < -0.3 is 14.2 Å². The fourth-order valence-corrected chi connectivity index (χ4v) is 10.2. The first-order valence-corrected chi connectivity index (χ1v) is 34.1. The Balaban J connectivity index is 4.31. The van der Waals surface area contributed by atoms with Crippen molar-refractivity contribution in [3.8, 4) is 0 Å². The van der Waals surface area contributed by atoms with Gasteiger partial charge in [0.05, 0.1) is 0 Å². The van der Waals surface area contributed by atoms with E-state index in [9.17, 15) is 14.4 Å². The van der Waals surface area contributed by atoms with E-state index in [1.165, 1.54) is 244 Å². The van der Waals surface area contributed by atoms with Gasteiger partial charge in [0, 0.05) is 19.3 Å². The summed E-state index contributed by atoms with van der Waals surface area (Å²) in [5.41, 5.74) is 0.